The van der Waals surface area contributed by atoms with Crippen molar-refractivity contribution in [3.63, 3.8) is 0 Å². The maximum atomic E-state index is 12.2. The average Bonchev–Trinajstić information content (AvgIpc) is 2.40. The summed E-state index contributed by atoms with van der Waals surface area (Å²) in [5.41, 5.74) is 7.15. The fraction of sp³-hybridized carbons (Fsp3) is 0.533. The number of piperidine rings is 1. The highest BCUT2D eigenvalue weighted by molar-refractivity contribution is 5.85. The van der Waals surface area contributed by atoms with E-state index in [0.29, 0.717) is 6.42 Å². The lowest BCUT2D eigenvalue weighted by Gasteiger charge is -2.32. The minimum Gasteiger partial charge on any atom is -0.341 e. The number of amides is 1. The van der Waals surface area contributed by atoms with Crippen LogP contribution in [0.2, 0.25) is 0 Å². The van der Waals surface area contributed by atoms with Gasteiger partial charge in [-0.1, -0.05) is 37.3 Å². The Morgan fingerprint density at radius 3 is 2.47 bits per heavy atom. The first-order valence-corrected chi connectivity index (χ1v) is 6.75. The SMILES string of the molecule is CC1CCN(C(=O)[C@@H](N)Cc2ccccc2)CC1.Cl. The first-order chi connectivity index (χ1) is 8.66. The number of nitrogens with two attached hydrogens (primary N) is 1. The molecule has 1 aliphatic rings. The molecule has 0 saturated carbocycles. The van der Waals surface area contributed by atoms with Crippen molar-refractivity contribution in [1.29, 1.82) is 0 Å². The van der Waals surface area contributed by atoms with Crippen LogP contribution in [0.3, 0.4) is 0 Å². The Balaban J connectivity index is 0.00000180. The van der Waals surface area contributed by atoms with E-state index in [-0.39, 0.29) is 18.3 Å². The molecule has 1 amide bonds. The molecule has 106 valence electrons. The molecule has 1 aliphatic heterocycles. The molecular weight excluding hydrogens is 260 g/mol. The summed E-state index contributed by atoms with van der Waals surface area (Å²) in [6, 6.07) is 9.57. The second kappa shape index (κ2) is 7.51. The highest BCUT2D eigenvalue weighted by Gasteiger charge is 2.24. The molecule has 0 radical (unpaired) electrons. The van der Waals surface area contributed by atoms with E-state index in [2.05, 4.69) is 6.92 Å². The van der Waals surface area contributed by atoms with E-state index < -0.39 is 6.04 Å². The number of hydrogen-bond acceptors (Lipinski definition) is 2. The van der Waals surface area contributed by atoms with Gasteiger partial charge in [0.05, 0.1) is 6.04 Å². The van der Waals surface area contributed by atoms with Crippen LogP contribution in [0, 0.1) is 5.92 Å². The minimum atomic E-state index is -0.402. The van der Waals surface area contributed by atoms with E-state index in [4.69, 9.17) is 5.73 Å². The molecule has 19 heavy (non-hydrogen) atoms. The smallest absolute Gasteiger partial charge is 0.239 e. The van der Waals surface area contributed by atoms with Crippen LogP contribution in [0.25, 0.3) is 0 Å². The Kier molecular flexibility index (Phi) is 6.32. The van der Waals surface area contributed by atoms with Gasteiger partial charge in [-0.2, -0.15) is 0 Å². The minimum absolute atomic E-state index is 0. The summed E-state index contributed by atoms with van der Waals surface area (Å²) in [5.74, 6) is 0.838. The molecule has 1 saturated heterocycles. The van der Waals surface area contributed by atoms with E-state index in [1.807, 2.05) is 35.2 Å². The molecule has 1 heterocycles. The number of nitrogens with zero attached hydrogens (tertiary/aromatic N) is 1. The summed E-state index contributed by atoms with van der Waals surface area (Å²) in [6.07, 6.45) is 2.83. The van der Waals surface area contributed by atoms with Gasteiger partial charge in [0.15, 0.2) is 0 Å². The maximum Gasteiger partial charge on any atom is 0.239 e. The predicted molar refractivity (Wildman–Crippen MR) is 80.3 cm³/mol. The number of halogens is 1. The van der Waals surface area contributed by atoms with Crippen LogP contribution in [-0.4, -0.2) is 29.9 Å². The number of carbonyl (C=O) groups is 1. The third-order valence-corrected chi connectivity index (χ3v) is 3.71. The molecule has 3 nitrogen and oxygen atoms in total. The molecule has 1 atom stereocenters. The fourth-order valence-electron chi connectivity index (χ4n) is 2.42. The number of rotatable bonds is 3. The topological polar surface area (TPSA) is 46.3 Å². The molecule has 0 spiro atoms. The predicted octanol–water partition coefficient (Wildman–Crippen LogP) is 2.24. The van der Waals surface area contributed by atoms with Crippen molar-refractivity contribution in [1.82, 2.24) is 4.90 Å². The van der Waals surface area contributed by atoms with Crippen molar-refractivity contribution in [3.8, 4) is 0 Å². The summed E-state index contributed by atoms with van der Waals surface area (Å²) in [4.78, 5) is 14.1. The average molecular weight is 283 g/mol. The third kappa shape index (κ3) is 4.51. The van der Waals surface area contributed by atoms with Crippen molar-refractivity contribution < 1.29 is 4.79 Å². The van der Waals surface area contributed by atoms with Gasteiger partial charge in [0, 0.05) is 13.1 Å². The molecule has 1 aromatic carbocycles. The van der Waals surface area contributed by atoms with Gasteiger partial charge >= 0.3 is 0 Å². The highest BCUT2D eigenvalue weighted by Crippen LogP contribution is 2.17. The molecule has 0 aliphatic carbocycles. The molecule has 2 rings (SSSR count). The van der Waals surface area contributed by atoms with Gasteiger partial charge in [0.1, 0.15) is 0 Å². The van der Waals surface area contributed by atoms with Gasteiger partial charge < -0.3 is 10.6 Å². The summed E-state index contributed by atoms with van der Waals surface area (Å²) in [7, 11) is 0. The van der Waals surface area contributed by atoms with E-state index in [1.165, 1.54) is 0 Å². The number of benzene rings is 1. The normalized spacial score (nSPS) is 17.7. The van der Waals surface area contributed by atoms with Gasteiger partial charge in [-0.3, -0.25) is 4.79 Å². The first-order valence-electron chi connectivity index (χ1n) is 6.75. The monoisotopic (exact) mass is 282 g/mol. The first kappa shape index (κ1) is 16.0. The zero-order valence-electron chi connectivity index (χ0n) is 11.4. The molecule has 0 aromatic heterocycles. The van der Waals surface area contributed by atoms with Crippen LogP contribution in [0.4, 0.5) is 0 Å². The molecule has 0 bridgehead atoms. The van der Waals surface area contributed by atoms with E-state index >= 15 is 0 Å². The van der Waals surface area contributed by atoms with Crippen molar-refractivity contribution in [2.45, 2.75) is 32.2 Å². The van der Waals surface area contributed by atoms with E-state index in [9.17, 15) is 4.79 Å². The largest absolute Gasteiger partial charge is 0.341 e. The number of hydrogen-bond donors (Lipinski definition) is 1. The Hall–Kier alpha value is -1.06. The molecule has 1 fully saturated rings. The molecule has 2 N–H and O–H groups in total. The zero-order valence-corrected chi connectivity index (χ0v) is 12.2. The zero-order chi connectivity index (χ0) is 13.0. The standard InChI is InChI=1S/C15H22N2O.ClH/c1-12-7-9-17(10-8-12)15(18)14(16)11-13-5-3-2-4-6-13;/h2-6,12,14H,7-11,16H2,1H3;1H/t14-;/m0./s1. The van der Waals surface area contributed by atoms with Crippen molar-refractivity contribution in [2.75, 3.05) is 13.1 Å². The summed E-state index contributed by atoms with van der Waals surface area (Å²) < 4.78 is 0. The van der Waals surface area contributed by atoms with Gasteiger partial charge in [0.25, 0.3) is 0 Å². The van der Waals surface area contributed by atoms with Crippen molar-refractivity contribution >= 4 is 18.3 Å². The van der Waals surface area contributed by atoms with Gasteiger partial charge in [-0.25, -0.2) is 0 Å². The maximum absolute atomic E-state index is 12.2. The third-order valence-electron chi connectivity index (χ3n) is 3.71. The number of carbonyl (C=O) groups excluding carboxylic acids is 1. The van der Waals surface area contributed by atoms with Gasteiger partial charge in [-0.05, 0) is 30.7 Å². The van der Waals surface area contributed by atoms with Crippen LogP contribution in [0.5, 0.6) is 0 Å². The Morgan fingerprint density at radius 2 is 1.89 bits per heavy atom. The quantitative estimate of drug-likeness (QED) is 0.924. The van der Waals surface area contributed by atoms with Crippen molar-refractivity contribution in [2.24, 2.45) is 11.7 Å². The molecular formula is C15H23ClN2O. The fourth-order valence-corrected chi connectivity index (χ4v) is 2.42. The van der Waals surface area contributed by atoms with Crippen LogP contribution >= 0.6 is 12.4 Å². The molecule has 1 aromatic rings. The Labute approximate surface area is 121 Å². The summed E-state index contributed by atoms with van der Waals surface area (Å²) in [5, 5.41) is 0. The van der Waals surface area contributed by atoms with Crippen molar-refractivity contribution in [3.05, 3.63) is 35.9 Å². The van der Waals surface area contributed by atoms with Crippen LogP contribution in [0.1, 0.15) is 25.3 Å². The molecule has 4 heteroatoms. The summed E-state index contributed by atoms with van der Waals surface area (Å²) in [6.45, 7) is 3.97. The van der Waals surface area contributed by atoms with E-state index in [0.717, 1.165) is 37.4 Å². The number of likely N-dealkylation sites (tertiary alicyclic amines) is 1. The lowest BCUT2D eigenvalue weighted by Crippen LogP contribution is -2.47. The second-order valence-corrected chi connectivity index (χ2v) is 5.30. The highest BCUT2D eigenvalue weighted by atomic mass is 35.5. The molecule has 0 unspecified atom stereocenters. The second-order valence-electron chi connectivity index (χ2n) is 5.30. The lowest BCUT2D eigenvalue weighted by molar-refractivity contribution is -0.133. The Bertz CT molecular complexity index is 388. The van der Waals surface area contributed by atoms with E-state index in [1.54, 1.807) is 0 Å². The summed E-state index contributed by atoms with van der Waals surface area (Å²) >= 11 is 0. The van der Waals surface area contributed by atoms with Crippen LogP contribution in [0.15, 0.2) is 30.3 Å². The van der Waals surface area contributed by atoms with Crippen LogP contribution < -0.4 is 5.73 Å². The lowest BCUT2D eigenvalue weighted by atomic mass is 9.98. The Morgan fingerprint density at radius 1 is 1.32 bits per heavy atom. The van der Waals surface area contributed by atoms with Gasteiger partial charge in [-0.15, -0.1) is 12.4 Å². The van der Waals surface area contributed by atoms with Gasteiger partial charge in [0.2, 0.25) is 5.91 Å². The van der Waals surface area contributed by atoms with Crippen LogP contribution in [-0.2, 0) is 11.2 Å².